The molecule has 8 aromatic rings. The number of nitrogens with zero attached hydrogens (tertiary/aromatic N) is 1. The van der Waals surface area contributed by atoms with E-state index in [2.05, 4.69) is 196 Å². The Balaban J connectivity index is 0.841. The number of hydrogen-bond acceptors (Lipinski definition) is 3. The van der Waals surface area contributed by atoms with E-state index in [9.17, 15) is 0 Å². The molecular weight excluding hydrogens is 743 g/mol. The van der Waals surface area contributed by atoms with Crippen molar-refractivity contribution in [1.29, 1.82) is 0 Å². The highest BCUT2D eigenvalue weighted by Gasteiger charge is 2.53. The van der Waals surface area contributed by atoms with Crippen molar-refractivity contribution < 1.29 is 9.47 Å². The van der Waals surface area contributed by atoms with Crippen LogP contribution in [0.1, 0.15) is 52.8 Å². The van der Waals surface area contributed by atoms with E-state index >= 15 is 0 Å². The second-order valence-corrected chi connectivity index (χ2v) is 17.3. The molecule has 0 aromatic heterocycles. The summed E-state index contributed by atoms with van der Waals surface area (Å²) < 4.78 is 13.7. The highest BCUT2D eigenvalue weighted by Crippen LogP contribution is 2.66. The first-order valence-electron chi connectivity index (χ1n) is 21.2. The Morgan fingerprint density at radius 3 is 1.80 bits per heavy atom. The number of benzene rings is 8. The summed E-state index contributed by atoms with van der Waals surface area (Å²) in [6, 6.07) is 61.6. The van der Waals surface area contributed by atoms with E-state index in [0.29, 0.717) is 30.3 Å². The van der Waals surface area contributed by atoms with Gasteiger partial charge in [0.05, 0.1) is 5.41 Å². The van der Waals surface area contributed by atoms with E-state index in [1.807, 2.05) is 12.1 Å². The number of fused-ring (bicyclic) bond motifs is 16. The van der Waals surface area contributed by atoms with Gasteiger partial charge in [0.15, 0.2) is 23.0 Å². The Labute approximate surface area is 357 Å². The second-order valence-electron chi connectivity index (χ2n) is 17.3. The van der Waals surface area contributed by atoms with Crippen LogP contribution in [-0.2, 0) is 10.8 Å². The van der Waals surface area contributed by atoms with Crippen molar-refractivity contribution in [3.05, 3.63) is 228 Å². The van der Waals surface area contributed by atoms with Gasteiger partial charge in [-0.2, -0.15) is 0 Å². The lowest BCUT2D eigenvalue weighted by molar-refractivity contribution is 0.360. The van der Waals surface area contributed by atoms with Gasteiger partial charge in [-0.15, -0.1) is 6.58 Å². The standard InChI is InChI=1S/C58H43NO2/c1-5-33-59(39-28-25-37(26-29-39)40-19-14-20-44-43-17-6-10-21-46(43)57(3,4)55(40)44)35-36(2)38-27-31-51-53(34-38)60-52-32-30-50-54(56(52)61-51)45-18-9-13-24-49(45)58(50)47-22-11-7-15-41(47)42-16-8-12-23-48(42)58/h5-32,34H,1-2,33,35H2,3-4H3. The van der Waals surface area contributed by atoms with Crippen molar-refractivity contribution in [3.63, 3.8) is 0 Å². The van der Waals surface area contributed by atoms with Gasteiger partial charge in [-0.3, -0.25) is 0 Å². The molecule has 0 unspecified atom stereocenters. The maximum absolute atomic E-state index is 6.91. The van der Waals surface area contributed by atoms with Gasteiger partial charge in [0.25, 0.3) is 0 Å². The van der Waals surface area contributed by atoms with Crippen molar-refractivity contribution in [2.24, 2.45) is 0 Å². The molecule has 0 saturated heterocycles. The highest BCUT2D eigenvalue weighted by atomic mass is 16.6. The number of anilines is 1. The molecular formula is C58H43NO2. The molecule has 0 atom stereocenters. The largest absolute Gasteiger partial charge is 0.449 e. The first-order valence-corrected chi connectivity index (χ1v) is 21.2. The van der Waals surface area contributed by atoms with E-state index < -0.39 is 5.41 Å². The van der Waals surface area contributed by atoms with Crippen LogP contribution in [-0.4, -0.2) is 13.1 Å². The molecule has 0 saturated carbocycles. The van der Waals surface area contributed by atoms with E-state index in [0.717, 1.165) is 28.1 Å². The van der Waals surface area contributed by atoms with Gasteiger partial charge in [0, 0.05) is 29.8 Å². The minimum Gasteiger partial charge on any atom is -0.449 e. The average Bonchev–Trinajstić information content (AvgIpc) is 3.87. The van der Waals surface area contributed by atoms with Crippen LogP contribution in [0, 0.1) is 0 Å². The summed E-state index contributed by atoms with van der Waals surface area (Å²) in [7, 11) is 0. The normalized spacial score (nSPS) is 14.5. The fraction of sp³-hybridized carbons (Fsp3) is 0.103. The molecule has 292 valence electrons. The molecule has 1 aliphatic heterocycles. The third-order valence-corrected chi connectivity index (χ3v) is 13.7. The third-order valence-electron chi connectivity index (χ3n) is 13.7. The van der Waals surface area contributed by atoms with Crippen LogP contribution >= 0.6 is 0 Å². The summed E-state index contributed by atoms with van der Waals surface area (Å²) in [4.78, 5) is 2.32. The molecule has 8 aromatic carbocycles. The summed E-state index contributed by atoms with van der Waals surface area (Å²) in [5, 5.41) is 0. The topological polar surface area (TPSA) is 21.7 Å². The van der Waals surface area contributed by atoms with E-state index in [1.165, 1.54) is 72.3 Å². The molecule has 0 bridgehead atoms. The monoisotopic (exact) mass is 785 g/mol. The van der Waals surface area contributed by atoms with Gasteiger partial charge in [0.2, 0.25) is 0 Å². The minimum absolute atomic E-state index is 0.0802. The predicted octanol–water partition coefficient (Wildman–Crippen LogP) is 14.6. The van der Waals surface area contributed by atoms with Crippen molar-refractivity contribution in [1.82, 2.24) is 0 Å². The number of rotatable bonds is 7. The van der Waals surface area contributed by atoms with E-state index in [4.69, 9.17) is 9.47 Å². The lowest BCUT2D eigenvalue weighted by atomic mass is 9.70. The van der Waals surface area contributed by atoms with E-state index in [1.54, 1.807) is 0 Å². The van der Waals surface area contributed by atoms with Crippen molar-refractivity contribution in [3.8, 4) is 67.5 Å². The summed E-state index contributed by atoms with van der Waals surface area (Å²) in [6.07, 6.45) is 1.95. The fourth-order valence-corrected chi connectivity index (χ4v) is 11.1. The summed E-state index contributed by atoms with van der Waals surface area (Å²) in [5.74, 6) is 2.85. The highest BCUT2D eigenvalue weighted by molar-refractivity contribution is 5.98. The zero-order valence-corrected chi connectivity index (χ0v) is 34.3. The maximum Gasteiger partial charge on any atom is 0.178 e. The average molecular weight is 786 g/mol. The van der Waals surface area contributed by atoms with Crippen LogP contribution in [0.15, 0.2) is 189 Å². The van der Waals surface area contributed by atoms with Gasteiger partial charge in [-0.05, 0) is 114 Å². The zero-order chi connectivity index (χ0) is 41.0. The lowest BCUT2D eigenvalue weighted by Crippen LogP contribution is -2.25. The quantitative estimate of drug-likeness (QED) is 0.150. The van der Waals surface area contributed by atoms with Crippen LogP contribution < -0.4 is 14.4 Å². The summed E-state index contributed by atoms with van der Waals surface area (Å²) in [6.45, 7) is 14.7. The molecule has 12 rings (SSSR count). The predicted molar refractivity (Wildman–Crippen MR) is 250 cm³/mol. The Morgan fingerprint density at radius 1 is 0.541 bits per heavy atom. The van der Waals surface area contributed by atoms with Gasteiger partial charge >= 0.3 is 0 Å². The van der Waals surface area contributed by atoms with Crippen LogP contribution in [0.2, 0.25) is 0 Å². The molecule has 1 heterocycles. The van der Waals surface area contributed by atoms with Crippen molar-refractivity contribution >= 4 is 11.3 Å². The smallest absolute Gasteiger partial charge is 0.178 e. The first-order chi connectivity index (χ1) is 29.9. The number of ether oxygens (including phenoxy) is 2. The molecule has 1 spiro atoms. The summed E-state index contributed by atoms with van der Waals surface area (Å²) >= 11 is 0. The van der Waals surface area contributed by atoms with Crippen LogP contribution in [0.3, 0.4) is 0 Å². The lowest BCUT2D eigenvalue weighted by Gasteiger charge is -2.31. The van der Waals surface area contributed by atoms with Gasteiger partial charge in [-0.1, -0.05) is 166 Å². The SMILES string of the molecule is C=CCN(CC(=C)c1ccc2c(c1)Oc1ccc3c(c1O2)-c1ccccc1C31c2ccccc2-c2ccccc21)c1ccc(-c2cccc3c2C(C)(C)c2ccccc2-3)cc1. The van der Waals surface area contributed by atoms with Gasteiger partial charge in [-0.25, -0.2) is 0 Å². The van der Waals surface area contributed by atoms with Crippen molar-refractivity contribution in [2.45, 2.75) is 24.7 Å². The molecule has 4 aliphatic rings. The first kappa shape index (κ1) is 35.6. The van der Waals surface area contributed by atoms with Crippen LogP contribution in [0.4, 0.5) is 5.69 Å². The molecule has 0 radical (unpaired) electrons. The number of hydrogen-bond donors (Lipinski definition) is 0. The Bertz CT molecular complexity index is 3120. The van der Waals surface area contributed by atoms with Crippen LogP contribution in [0.5, 0.6) is 23.0 Å². The molecule has 0 N–H and O–H groups in total. The Kier molecular flexibility index (Phi) is 7.62. The second kappa shape index (κ2) is 13.1. The fourth-order valence-electron chi connectivity index (χ4n) is 11.1. The minimum atomic E-state index is -0.442. The summed E-state index contributed by atoms with van der Waals surface area (Å²) in [5.41, 5.74) is 20.5. The van der Waals surface area contributed by atoms with E-state index in [-0.39, 0.29) is 5.41 Å². The molecule has 3 nitrogen and oxygen atoms in total. The van der Waals surface area contributed by atoms with Gasteiger partial charge < -0.3 is 14.4 Å². The molecule has 3 aliphatic carbocycles. The Morgan fingerprint density at radius 2 is 1.11 bits per heavy atom. The van der Waals surface area contributed by atoms with Crippen molar-refractivity contribution in [2.75, 3.05) is 18.0 Å². The third kappa shape index (κ3) is 4.92. The zero-order valence-electron chi connectivity index (χ0n) is 34.3. The molecule has 0 amide bonds. The molecule has 3 heteroatoms. The Hall–Kier alpha value is -7.36. The maximum atomic E-state index is 6.91. The van der Waals surface area contributed by atoms with Gasteiger partial charge in [0.1, 0.15) is 0 Å². The molecule has 61 heavy (non-hydrogen) atoms. The van der Waals surface area contributed by atoms with Crippen LogP contribution in [0.25, 0.3) is 50.1 Å². The molecule has 0 fully saturated rings.